The normalized spacial score (nSPS) is 11.0. The molecule has 4 aromatic rings. The Morgan fingerprint density at radius 2 is 1.56 bits per heavy atom. The molecule has 11 heteroatoms. The van der Waals surface area contributed by atoms with Gasteiger partial charge in [0.05, 0.1) is 35.5 Å². The standard InChI is InChI=1S/C25H19F3N6O2/c1-15-7-8-18(32-22(35)16-4-2-5-17(10-16)25(26,27)28)11-21(15)23(36)33-20-13-30-24(31-14-20)34-19-6-3-9-29-12-19/h2-14H,1H3,(H,32,35)(H,33,36)(H,30,31,34). The van der Waals surface area contributed by atoms with Gasteiger partial charge in [-0.05, 0) is 55.0 Å². The molecule has 0 aliphatic heterocycles. The van der Waals surface area contributed by atoms with Gasteiger partial charge in [-0.15, -0.1) is 0 Å². The molecule has 2 aromatic heterocycles. The van der Waals surface area contributed by atoms with Crippen LogP contribution in [0.4, 0.5) is 36.2 Å². The number of nitrogens with one attached hydrogen (secondary N) is 3. The number of anilines is 4. The average Bonchev–Trinajstić information content (AvgIpc) is 2.86. The molecule has 2 heterocycles. The van der Waals surface area contributed by atoms with E-state index in [1.54, 1.807) is 43.6 Å². The van der Waals surface area contributed by atoms with Crippen molar-refractivity contribution >= 4 is 34.8 Å². The Kier molecular flexibility index (Phi) is 6.91. The van der Waals surface area contributed by atoms with Crippen LogP contribution in [0.5, 0.6) is 0 Å². The molecule has 0 saturated carbocycles. The third-order valence-electron chi connectivity index (χ3n) is 5.02. The number of amides is 2. The molecule has 4 rings (SSSR count). The number of alkyl halides is 3. The maximum Gasteiger partial charge on any atom is 0.416 e. The number of pyridine rings is 1. The van der Waals surface area contributed by atoms with Gasteiger partial charge in [0, 0.05) is 23.0 Å². The van der Waals surface area contributed by atoms with Gasteiger partial charge in [0.15, 0.2) is 0 Å². The highest BCUT2D eigenvalue weighted by Gasteiger charge is 2.30. The summed E-state index contributed by atoms with van der Waals surface area (Å²) >= 11 is 0. The highest BCUT2D eigenvalue weighted by Crippen LogP contribution is 2.29. The van der Waals surface area contributed by atoms with Crippen molar-refractivity contribution < 1.29 is 22.8 Å². The smallest absolute Gasteiger partial charge is 0.323 e. The monoisotopic (exact) mass is 492 g/mol. The SMILES string of the molecule is Cc1ccc(NC(=O)c2cccc(C(F)(F)F)c2)cc1C(=O)Nc1cnc(Nc2cccnc2)nc1. The molecule has 0 spiro atoms. The second kappa shape index (κ2) is 10.2. The van der Waals surface area contributed by atoms with Gasteiger partial charge in [-0.25, -0.2) is 9.97 Å². The summed E-state index contributed by atoms with van der Waals surface area (Å²) in [6.45, 7) is 1.71. The lowest BCUT2D eigenvalue weighted by atomic mass is 10.1. The van der Waals surface area contributed by atoms with Gasteiger partial charge in [-0.3, -0.25) is 14.6 Å². The molecule has 3 N–H and O–H groups in total. The van der Waals surface area contributed by atoms with E-state index in [2.05, 4.69) is 30.9 Å². The zero-order valence-corrected chi connectivity index (χ0v) is 18.8. The van der Waals surface area contributed by atoms with E-state index in [9.17, 15) is 22.8 Å². The molecule has 182 valence electrons. The minimum Gasteiger partial charge on any atom is -0.323 e. The highest BCUT2D eigenvalue weighted by molar-refractivity contribution is 6.08. The maximum atomic E-state index is 13.0. The first kappa shape index (κ1) is 24.3. The number of benzene rings is 2. The number of rotatable bonds is 6. The number of hydrogen-bond acceptors (Lipinski definition) is 6. The molecule has 0 unspecified atom stereocenters. The summed E-state index contributed by atoms with van der Waals surface area (Å²) in [4.78, 5) is 37.7. The van der Waals surface area contributed by atoms with E-state index in [-0.39, 0.29) is 16.8 Å². The third kappa shape index (κ3) is 6.00. The first-order valence-electron chi connectivity index (χ1n) is 10.6. The Hall–Kier alpha value is -4.80. The lowest BCUT2D eigenvalue weighted by molar-refractivity contribution is -0.137. The fourth-order valence-corrected chi connectivity index (χ4v) is 3.21. The molecule has 0 saturated heterocycles. The largest absolute Gasteiger partial charge is 0.416 e. The van der Waals surface area contributed by atoms with E-state index in [1.807, 2.05) is 0 Å². The van der Waals surface area contributed by atoms with Gasteiger partial charge in [0.2, 0.25) is 5.95 Å². The zero-order valence-electron chi connectivity index (χ0n) is 18.8. The van der Waals surface area contributed by atoms with E-state index >= 15 is 0 Å². The average molecular weight is 492 g/mol. The Morgan fingerprint density at radius 1 is 0.806 bits per heavy atom. The van der Waals surface area contributed by atoms with Gasteiger partial charge in [0.25, 0.3) is 11.8 Å². The molecule has 2 amide bonds. The van der Waals surface area contributed by atoms with Crippen molar-refractivity contribution in [2.24, 2.45) is 0 Å². The fourth-order valence-electron chi connectivity index (χ4n) is 3.21. The van der Waals surface area contributed by atoms with Crippen molar-refractivity contribution in [3.05, 3.63) is 102 Å². The number of halogens is 3. The van der Waals surface area contributed by atoms with Gasteiger partial charge in [-0.1, -0.05) is 12.1 Å². The lowest BCUT2D eigenvalue weighted by Crippen LogP contribution is -2.16. The van der Waals surface area contributed by atoms with Crippen LogP contribution in [-0.4, -0.2) is 26.8 Å². The lowest BCUT2D eigenvalue weighted by Gasteiger charge is -2.12. The summed E-state index contributed by atoms with van der Waals surface area (Å²) in [5, 5.41) is 8.19. The summed E-state index contributed by atoms with van der Waals surface area (Å²) in [5.41, 5.74) is 1.09. The van der Waals surface area contributed by atoms with Crippen molar-refractivity contribution in [1.82, 2.24) is 15.0 Å². The Morgan fingerprint density at radius 3 is 2.25 bits per heavy atom. The van der Waals surface area contributed by atoms with Crippen LogP contribution in [0.3, 0.4) is 0 Å². The van der Waals surface area contributed by atoms with Crippen LogP contribution in [0.1, 0.15) is 31.8 Å². The van der Waals surface area contributed by atoms with Crippen molar-refractivity contribution in [3.63, 3.8) is 0 Å². The summed E-state index contributed by atoms with van der Waals surface area (Å²) in [6, 6.07) is 12.3. The van der Waals surface area contributed by atoms with E-state index in [0.717, 1.165) is 18.2 Å². The second-order valence-corrected chi connectivity index (χ2v) is 7.68. The number of aryl methyl sites for hydroxylation is 1. The van der Waals surface area contributed by atoms with Crippen LogP contribution in [0, 0.1) is 6.92 Å². The predicted molar refractivity (Wildman–Crippen MR) is 128 cm³/mol. The van der Waals surface area contributed by atoms with Crippen LogP contribution >= 0.6 is 0 Å². The van der Waals surface area contributed by atoms with Crippen LogP contribution < -0.4 is 16.0 Å². The quantitative estimate of drug-likeness (QED) is 0.330. The van der Waals surface area contributed by atoms with Crippen LogP contribution in [0.25, 0.3) is 0 Å². The van der Waals surface area contributed by atoms with E-state index in [1.165, 1.54) is 24.5 Å². The minimum absolute atomic E-state index is 0.159. The molecule has 0 atom stereocenters. The first-order valence-corrected chi connectivity index (χ1v) is 10.6. The number of carbonyl (C=O) groups is 2. The summed E-state index contributed by atoms with van der Waals surface area (Å²) in [5.74, 6) is -0.892. The minimum atomic E-state index is -4.57. The number of carbonyl (C=O) groups excluding carboxylic acids is 2. The third-order valence-corrected chi connectivity index (χ3v) is 5.02. The molecule has 36 heavy (non-hydrogen) atoms. The molecule has 0 radical (unpaired) electrons. The fraction of sp³-hybridized carbons (Fsp3) is 0.0800. The van der Waals surface area contributed by atoms with Gasteiger partial charge < -0.3 is 16.0 Å². The van der Waals surface area contributed by atoms with Crippen molar-refractivity contribution in [3.8, 4) is 0 Å². The maximum absolute atomic E-state index is 13.0. The molecule has 0 fully saturated rings. The zero-order chi connectivity index (χ0) is 25.7. The molecule has 2 aromatic carbocycles. The van der Waals surface area contributed by atoms with Crippen LogP contribution in [0.15, 0.2) is 79.4 Å². The van der Waals surface area contributed by atoms with Crippen LogP contribution in [-0.2, 0) is 6.18 Å². The van der Waals surface area contributed by atoms with Crippen molar-refractivity contribution in [2.75, 3.05) is 16.0 Å². The van der Waals surface area contributed by atoms with Crippen LogP contribution in [0.2, 0.25) is 0 Å². The van der Waals surface area contributed by atoms with Gasteiger partial charge in [-0.2, -0.15) is 13.2 Å². The first-order chi connectivity index (χ1) is 17.2. The second-order valence-electron chi connectivity index (χ2n) is 7.68. The molecule has 0 aliphatic carbocycles. The van der Waals surface area contributed by atoms with E-state index < -0.39 is 23.6 Å². The Bertz CT molecular complexity index is 1390. The van der Waals surface area contributed by atoms with E-state index in [0.29, 0.717) is 22.9 Å². The molecular weight excluding hydrogens is 473 g/mol. The Balaban J connectivity index is 1.44. The number of aromatic nitrogens is 3. The van der Waals surface area contributed by atoms with E-state index in [4.69, 9.17) is 0 Å². The number of hydrogen-bond donors (Lipinski definition) is 3. The number of nitrogens with zero attached hydrogens (tertiary/aromatic N) is 3. The predicted octanol–water partition coefficient (Wildman–Crippen LogP) is 5.45. The molecular formula is C25H19F3N6O2. The molecule has 0 bridgehead atoms. The van der Waals surface area contributed by atoms with Crippen molar-refractivity contribution in [2.45, 2.75) is 13.1 Å². The summed E-state index contributed by atoms with van der Waals surface area (Å²) in [7, 11) is 0. The summed E-state index contributed by atoms with van der Waals surface area (Å²) in [6.07, 6.45) is 1.54. The van der Waals surface area contributed by atoms with Gasteiger partial charge >= 0.3 is 6.18 Å². The van der Waals surface area contributed by atoms with Crippen molar-refractivity contribution in [1.29, 1.82) is 0 Å². The molecule has 8 nitrogen and oxygen atoms in total. The van der Waals surface area contributed by atoms with Gasteiger partial charge in [0.1, 0.15) is 0 Å². The summed E-state index contributed by atoms with van der Waals surface area (Å²) < 4.78 is 38.9. The topological polar surface area (TPSA) is 109 Å². The Labute approximate surface area is 203 Å². The molecule has 0 aliphatic rings. The highest BCUT2D eigenvalue weighted by atomic mass is 19.4.